The predicted octanol–water partition coefficient (Wildman–Crippen LogP) is 21.4. The standard InChI is InChI=1S/C74H76N4OS/c1-70(2,3)48-34-35-75-66(42-48)78-63-33-32-59-58-24-16-19-29-65(58)80-69(59)67(63)60-31-30-55(44-64(60)78)79-54-23-20-22-53(43-54)76-45-77(62-28-18-17-27-61(62)76)68-56(46-36-49(71(4,5)6)40-50(37-46)72(7,8)9)25-21-26-57(68)47-38-51(73(10,11)12)41-52(39-47)74(13,14)15/h16-44H,45H2,1-15H3/i16D,19D,24D,29D,35D. The molecule has 0 saturated heterocycles. The van der Waals surface area contributed by atoms with Crippen molar-refractivity contribution in [2.24, 2.45) is 0 Å². The zero-order valence-electron chi connectivity index (χ0n) is 54.2. The van der Waals surface area contributed by atoms with Crippen molar-refractivity contribution in [3.8, 4) is 39.6 Å². The minimum atomic E-state index is -0.262. The zero-order valence-corrected chi connectivity index (χ0v) is 50.0. The van der Waals surface area contributed by atoms with Crippen LogP contribution in [0.4, 0.5) is 22.7 Å². The number of pyridine rings is 1. The second-order valence-corrected chi connectivity index (χ2v) is 28.2. The Balaban J connectivity index is 1.00. The van der Waals surface area contributed by atoms with Crippen molar-refractivity contribution >= 4 is 76.1 Å². The van der Waals surface area contributed by atoms with Crippen LogP contribution in [0.5, 0.6) is 11.5 Å². The van der Waals surface area contributed by atoms with Crippen molar-refractivity contribution < 1.29 is 11.6 Å². The van der Waals surface area contributed by atoms with Gasteiger partial charge in [-0.15, -0.1) is 11.3 Å². The third-order valence-electron chi connectivity index (χ3n) is 16.1. The van der Waals surface area contributed by atoms with Gasteiger partial charge in [-0.25, -0.2) is 4.98 Å². The summed E-state index contributed by atoms with van der Waals surface area (Å²) in [5.41, 5.74) is 16.3. The number of para-hydroxylation sites is 3. The molecule has 0 unspecified atom stereocenters. The number of hydrogen-bond acceptors (Lipinski definition) is 5. The largest absolute Gasteiger partial charge is 0.457 e. The highest BCUT2D eigenvalue weighted by Crippen LogP contribution is 2.52. The Morgan fingerprint density at radius 1 is 0.475 bits per heavy atom. The fourth-order valence-corrected chi connectivity index (χ4v) is 12.5. The van der Waals surface area contributed by atoms with E-state index in [1.54, 1.807) is 0 Å². The molecule has 4 heterocycles. The SMILES string of the molecule is [2H]c1cc(C(C)(C)C)cc(-n2c3cc(Oc4cccc(N5CN(c6c(-c7cc(C(C)(C)C)cc(C(C)(C)C)c7)cccc6-c6cc(C(C)(C)C)cc(C(C)(C)C)c6)c6ccccc65)c4)ccc3c3c4sc5c([2H])c([2H])c([2H])c([2H])c5c4ccc32)n1. The van der Waals surface area contributed by atoms with Crippen LogP contribution in [0.2, 0.25) is 0 Å². The van der Waals surface area contributed by atoms with Crippen LogP contribution in [-0.4, -0.2) is 16.2 Å². The number of anilines is 4. The van der Waals surface area contributed by atoms with Crippen LogP contribution < -0.4 is 14.5 Å². The number of thiophene rings is 1. The Hall–Kier alpha value is -7.67. The van der Waals surface area contributed by atoms with Crippen molar-refractivity contribution in [2.75, 3.05) is 16.5 Å². The van der Waals surface area contributed by atoms with E-state index in [4.69, 9.17) is 16.6 Å². The fourth-order valence-electron chi connectivity index (χ4n) is 11.3. The van der Waals surface area contributed by atoms with E-state index < -0.39 is 0 Å². The first-order valence-electron chi connectivity index (χ1n) is 30.6. The van der Waals surface area contributed by atoms with Crippen molar-refractivity contribution in [3.05, 3.63) is 204 Å². The van der Waals surface area contributed by atoms with Crippen LogP contribution in [0.15, 0.2) is 176 Å². The third-order valence-corrected chi connectivity index (χ3v) is 17.3. The lowest BCUT2D eigenvalue weighted by atomic mass is 9.77. The molecule has 0 bridgehead atoms. The summed E-state index contributed by atoms with van der Waals surface area (Å²) < 4.78 is 54.3. The van der Waals surface area contributed by atoms with E-state index in [9.17, 15) is 0 Å². The van der Waals surface area contributed by atoms with Gasteiger partial charge in [-0.3, -0.25) is 4.57 Å². The molecule has 12 rings (SSSR count). The van der Waals surface area contributed by atoms with E-state index in [1.165, 1.54) is 55.8 Å². The van der Waals surface area contributed by atoms with Gasteiger partial charge in [-0.05, 0) is 127 Å². The molecule has 0 radical (unpaired) electrons. The fraction of sp³-hybridized carbons (Fsp3) is 0.284. The van der Waals surface area contributed by atoms with Crippen LogP contribution in [0.3, 0.4) is 0 Å². The quantitative estimate of drug-likeness (QED) is 0.159. The summed E-state index contributed by atoms with van der Waals surface area (Å²) >= 11 is 1.39. The molecule has 0 aliphatic carbocycles. The summed E-state index contributed by atoms with van der Waals surface area (Å²) in [4.78, 5) is 9.76. The topological polar surface area (TPSA) is 33.5 Å². The minimum Gasteiger partial charge on any atom is -0.457 e. The number of aromatic nitrogens is 2. The molecule has 0 N–H and O–H groups in total. The molecule has 5 nitrogen and oxygen atoms in total. The van der Waals surface area contributed by atoms with Crippen molar-refractivity contribution in [1.29, 1.82) is 0 Å². The van der Waals surface area contributed by atoms with Gasteiger partial charge < -0.3 is 14.5 Å². The lowest BCUT2D eigenvalue weighted by molar-refractivity contribution is 0.483. The van der Waals surface area contributed by atoms with Crippen LogP contribution >= 0.6 is 11.3 Å². The second-order valence-electron chi connectivity index (χ2n) is 27.1. The first-order valence-corrected chi connectivity index (χ1v) is 28.9. The van der Waals surface area contributed by atoms with Gasteiger partial charge >= 0.3 is 0 Å². The molecule has 0 amide bonds. The number of rotatable bonds is 7. The summed E-state index contributed by atoms with van der Waals surface area (Å²) in [5.74, 6) is 1.87. The van der Waals surface area contributed by atoms with Crippen molar-refractivity contribution in [3.63, 3.8) is 0 Å². The summed E-state index contributed by atoms with van der Waals surface area (Å²) in [7, 11) is 0. The number of fused-ring (bicyclic) bond motifs is 8. The van der Waals surface area contributed by atoms with Gasteiger partial charge in [-0.1, -0.05) is 201 Å². The molecule has 0 atom stereocenters. The van der Waals surface area contributed by atoms with Crippen LogP contribution in [-0.2, 0) is 27.1 Å². The molecule has 3 aromatic heterocycles. The predicted molar refractivity (Wildman–Crippen MR) is 344 cm³/mol. The Bertz CT molecular complexity index is 4380. The van der Waals surface area contributed by atoms with Gasteiger partial charge in [0.2, 0.25) is 0 Å². The van der Waals surface area contributed by atoms with Gasteiger partial charge in [0.25, 0.3) is 0 Å². The summed E-state index contributed by atoms with van der Waals surface area (Å²) in [6, 6.07) is 51.8. The molecular formula is C74H76N4OS. The van der Waals surface area contributed by atoms with E-state index >= 15 is 0 Å². The summed E-state index contributed by atoms with van der Waals surface area (Å²) in [6.07, 6.45) is 0.156. The maximum absolute atomic E-state index is 8.96. The Kier molecular flexibility index (Phi) is 11.2. The number of nitrogens with zero attached hydrogens (tertiary/aromatic N) is 4. The van der Waals surface area contributed by atoms with E-state index in [-0.39, 0.29) is 57.4 Å². The number of hydrogen-bond donors (Lipinski definition) is 0. The lowest BCUT2D eigenvalue weighted by Crippen LogP contribution is -2.25. The molecule has 11 aromatic rings. The molecule has 8 aromatic carbocycles. The molecule has 1 aliphatic rings. The van der Waals surface area contributed by atoms with Gasteiger partial charge in [0.05, 0.1) is 34.9 Å². The van der Waals surface area contributed by atoms with E-state index in [0.717, 1.165) is 60.2 Å². The number of ether oxygens (including phenoxy) is 1. The Labute approximate surface area is 485 Å². The van der Waals surface area contributed by atoms with E-state index in [1.807, 2.05) is 36.4 Å². The first-order chi connectivity index (χ1) is 39.8. The van der Waals surface area contributed by atoms with Gasteiger partial charge in [-0.2, -0.15) is 0 Å². The second kappa shape index (κ2) is 19.0. The van der Waals surface area contributed by atoms with E-state index in [2.05, 4.69) is 227 Å². The van der Waals surface area contributed by atoms with Gasteiger partial charge in [0.1, 0.15) is 24.0 Å². The average molecular weight is 1070 g/mol. The van der Waals surface area contributed by atoms with Crippen molar-refractivity contribution in [1.82, 2.24) is 9.55 Å². The summed E-state index contributed by atoms with van der Waals surface area (Å²) in [5, 5.41) is 3.10. The molecular weight excluding hydrogens is 993 g/mol. The van der Waals surface area contributed by atoms with Gasteiger partial charge in [0.15, 0.2) is 0 Å². The van der Waals surface area contributed by atoms with Crippen LogP contribution in [0.25, 0.3) is 70.0 Å². The maximum atomic E-state index is 8.96. The first kappa shape index (κ1) is 47.2. The van der Waals surface area contributed by atoms with Crippen molar-refractivity contribution in [2.45, 2.75) is 131 Å². The smallest absolute Gasteiger partial charge is 0.137 e. The summed E-state index contributed by atoms with van der Waals surface area (Å²) in [6.45, 7) is 34.7. The van der Waals surface area contributed by atoms with Gasteiger partial charge in [0, 0.05) is 66.1 Å². The monoisotopic (exact) mass is 1070 g/mol. The highest BCUT2D eigenvalue weighted by Gasteiger charge is 2.33. The molecule has 6 heteroatoms. The Morgan fingerprint density at radius 3 is 1.62 bits per heavy atom. The Morgan fingerprint density at radius 2 is 1.02 bits per heavy atom. The molecule has 80 heavy (non-hydrogen) atoms. The highest BCUT2D eigenvalue weighted by atomic mass is 32.1. The molecule has 1 aliphatic heterocycles. The van der Waals surface area contributed by atoms with Crippen LogP contribution in [0, 0.1) is 0 Å². The van der Waals surface area contributed by atoms with Crippen LogP contribution in [0.1, 0.15) is 139 Å². The normalized spacial score (nSPS) is 14.5. The lowest BCUT2D eigenvalue weighted by Gasteiger charge is -2.31. The zero-order chi connectivity index (χ0) is 60.8. The van der Waals surface area contributed by atoms with E-state index in [0.29, 0.717) is 34.1 Å². The molecule has 404 valence electrons. The molecule has 0 saturated carbocycles. The molecule has 0 spiro atoms. The average Bonchev–Trinajstić information content (AvgIpc) is 1.60. The highest BCUT2D eigenvalue weighted by molar-refractivity contribution is 7.26. The maximum Gasteiger partial charge on any atom is 0.137 e. The minimum absolute atomic E-state index is 0.0433. The molecule has 0 fully saturated rings. The third kappa shape index (κ3) is 9.53. The number of benzene rings is 8.